The molecule has 1 aliphatic rings. The van der Waals surface area contributed by atoms with Gasteiger partial charge in [0.25, 0.3) is 0 Å². The Hall–Kier alpha value is -0.160. The zero-order chi connectivity index (χ0) is 10.8. The van der Waals surface area contributed by atoms with Crippen molar-refractivity contribution in [1.29, 1.82) is 0 Å². The van der Waals surface area contributed by atoms with Crippen molar-refractivity contribution in [3.05, 3.63) is 34.1 Å². The predicted molar refractivity (Wildman–Crippen MR) is 69.2 cm³/mol. The standard InChI is InChI=1S/C11H14BrFN2.ClH/c12-10-5-8(1-2-11(10)13)6-15-4-3-9(14)7-15;/h1-2,5,9H,3-4,6-7,14H2;1H/t9-;/m1./s1. The van der Waals surface area contributed by atoms with E-state index in [9.17, 15) is 4.39 Å². The highest BCUT2D eigenvalue weighted by Gasteiger charge is 2.18. The third-order valence-corrected chi connectivity index (χ3v) is 3.31. The Morgan fingerprint density at radius 3 is 2.81 bits per heavy atom. The molecule has 1 saturated heterocycles. The summed E-state index contributed by atoms with van der Waals surface area (Å²) in [6, 6.07) is 5.45. The molecule has 0 aliphatic carbocycles. The molecular formula is C11H15BrClFN2. The highest BCUT2D eigenvalue weighted by molar-refractivity contribution is 9.10. The van der Waals surface area contributed by atoms with Crippen LogP contribution in [0.5, 0.6) is 0 Å². The van der Waals surface area contributed by atoms with Gasteiger partial charge in [-0.1, -0.05) is 6.07 Å². The molecule has 16 heavy (non-hydrogen) atoms. The lowest BCUT2D eigenvalue weighted by molar-refractivity contribution is 0.326. The Kier molecular flexibility index (Phi) is 5.18. The van der Waals surface area contributed by atoms with Crippen LogP contribution in [0.2, 0.25) is 0 Å². The number of nitrogens with zero attached hydrogens (tertiary/aromatic N) is 1. The largest absolute Gasteiger partial charge is 0.326 e. The average Bonchev–Trinajstić information content (AvgIpc) is 2.58. The minimum Gasteiger partial charge on any atom is -0.326 e. The molecule has 1 atom stereocenters. The Morgan fingerprint density at radius 2 is 2.25 bits per heavy atom. The lowest BCUT2D eigenvalue weighted by atomic mass is 10.2. The molecule has 0 saturated carbocycles. The van der Waals surface area contributed by atoms with E-state index in [1.54, 1.807) is 0 Å². The maximum atomic E-state index is 13.0. The van der Waals surface area contributed by atoms with E-state index in [1.165, 1.54) is 6.07 Å². The molecule has 1 aromatic carbocycles. The second-order valence-electron chi connectivity index (χ2n) is 4.03. The molecule has 0 spiro atoms. The SMILES string of the molecule is Cl.N[C@@H]1CCN(Cc2ccc(F)c(Br)c2)C1. The fraction of sp³-hybridized carbons (Fsp3) is 0.455. The van der Waals surface area contributed by atoms with Crippen LogP contribution >= 0.6 is 28.3 Å². The summed E-state index contributed by atoms with van der Waals surface area (Å²) >= 11 is 3.19. The quantitative estimate of drug-likeness (QED) is 0.910. The van der Waals surface area contributed by atoms with Gasteiger partial charge in [-0.25, -0.2) is 4.39 Å². The summed E-state index contributed by atoms with van der Waals surface area (Å²) in [5.74, 6) is -0.211. The molecule has 2 rings (SSSR count). The summed E-state index contributed by atoms with van der Waals surface area (Å²) in [6.07, 6.45) is 1.06. The van der Waals surface area contributed by atoms with E-state index in [-0.39, 0.29) is 18.2 Å². The lowest BCUT2D eigenvalue weighted by Gasteiger charge is -2.15. The summed E-state index contributed by atoms with van der Waals surface area (Å²) < 4.78 is 13.5. The van der Waals surface area contributed by atoms with Crippen molar-refractivity contribution in [2.75, 3.05) is 13.1 Å². The van der Waals surface area contributed by atoms with Gasteiger partial charge in [0.1, 0.15) is 5.82 Å². The van der Waals surface area contributed by atoms with Gasteiger partial charge in [0.2, 0.25) is 0 Å². The molecule has 0 aromatic heterocycles. The third kappa shape index (κ3) is 3.42. The molecule has 1 fully saturated rings. The van der Waals surface area contributed by atoms with E-state index < -0.39 is 0 Å². The third-order valence-electron chi connectivity index (χ3n) is 2.70. The van der Waals surface area contributed by atoms with Crippen LogP contribution in [0.4, 0.5) is 4.39 Å². The Bertz CT molecular complexity index is 362. The van der Waals surface area contributed by atoms with Crippen LogP contribution in [0, 0.1) is 5.82 Å². The zero-order valence-electron chi connectivity index (χ0n) is 8.83. The highest BCUT2D eigenvalue weighted by atomic mass is 79.9. The van der Waals surface area contributed by atoms with Gasteiger partial charge in [0, 0.05) is 25.7 Å². The first-order chi connectivity index (χ1) is 7.15. The molecule has 0 amide bonds. The maximum absolute atomic E-state index is 13.0. The summed E-state index contributed by atoms with van der Waals surface area (Å²) in [4.78, 5) is 2.30. The van der Waals surface area contributed by atoms with E-state index in [0.717, 1.165) is 31.6 Å². The molecule has 1 heterocycles. The van der Waals surface area contributed by atoms with Crippen LogP contribution < -0.4 is 5.73 Å². The monoisotopic (exact) mass is 308 g/mol. The number of hydrogen-bond acceptors (Lipinski definition) is 2. The topological polar surface area (TPSA) is 29.3 Å². The highest BCUT2D eigenvalue weighted by Crippen LogP contribution is 2.19. The van der Waals surface area contributed by atoms with E-state index in [2.05, 4.69) is 20.8 Å². The summed E-state index contributed by atoms with van der Waals surface area (Å²) in [5, 5.41) is 0. The normalized spacial score (nSPS) is 20.8. The molecule has 5 heteroatoms. The molecule has 0 bridgehead atoms. The van der Waals surface area contributed by atoms with Crippen LogP contribution in [-0.4, -0.2) is 24.0 Å². The molecule has 0 radical (unpaired) electrons. The number of rotatable bonds is 2. The van der Waals surface area contributed by atoms with Crippen molar-refractivity contribution in [3.63, 3.8) is 0 Å². The van der Waals surface area contributed by atoms with Crippen molar-refractivity contribution in [2.45, 2.75) is 19.0 Å². The molecular weight excluding hydrogens is 294 g/mol. The minimum atomic E-state index is -0.211. The first-order valence-corrected chi connectivity index (χ1v) is 5.86. The van der Waals surface area contributed by atoms with Crippen LogP contribution in [0.25, 0.3) is 0 Å². The summed E-state index contributed by atoms with van der Waals surface area (Å²) in [6.45, 7) is 2.83. The summed E-state index contributed by atoms with van der Waals surface area (Å²) in [5.41, 5.74) is 6.94. The molecule has 1 aromatic rings. The lowest BCUT2D eigenvalue weighted by Crippen LogP contribution is -2.26. The van der Waals surface area contributed by atoms with Gasteiger partial charge in [-0.2, -0.15) is 0 Å². The molecule has 0 unspecified atom stereocenters. The predicted octanol–water partition coefficient (Wildman–Crippen LogP) is 2.54. The molecule has 2 N–H and O–H groups in total. The summed E-state index contributed by atoms with van der Waals surface area (Å²) in [7, 11) is 0. The second-order valence-corrected chi connectivity index (χ2v) is 4.89. The average molecular weight is 310 g/mol. The number of likely N-dealkylation sites (tertiary alicyclic amines) is 1. The maximum Gasteiger partial charge on any atom is 0.137 e. The van der Waals surface area contributed by atoms with E-state index >= 15 is 0 Å². The van der Waals surface area contributed by atoms with Gasteiger partial charge in [-0.15, -0.1) is 12.4 Å². The van der Waals surface area contributed by atoms with Crippen LogP contribution in [0.15, 0.2) is 22.7 Å². The van der Waals surface area contributed by atoms with Gasteiger partial charge in [0.05, 0.1) is 4.47 Å². The number of halogens is 3. The fourth-order valence-corrected chi connectivity index (χ4v) is 2.33. The molecule has 2 nitrogen and oxygen atoms in total. The van der Waals surface area contributed by atoms with Crippen LogP contribution in [-0.2, 0) is 6.54 Å². The van der Waals surface area contributed by atoms with Gasteiger partial charge < -0.3 is 5.73 Å². The first kappa shape index (κ1) is 13.9. The van der Waals surface area contributed by atoms with E-state index in [0.29, 0.717) is 10.5 Å². The van der Waals surface area contributed by atoms with Crippen molar-refractivity contribution in [3.8, 4) is 0 Å². The van der Waals surface area contributed by atoms with Gasteiger partial charge >= 0.3 is 0 Å². The smallest absolute Gasteiger partial charge is 0.137 e. The number of hydrogen-bond donors (Lipinski definition) is 1. The number of benzene rings is 1. The minimum absolute atomic E-state index is 0. The Balaban J connectivity index is 0.00000128. The van der Waals surface area contributed by atoms with Crippen molar-refractivity contribution >= 4 is 28.3 Å². The Morgan fingerprint density at radius 1 is 1.50 bits per heavy atom. The van der Waals surface area contributed by atoms with E-state index in [1.807, 2.05) is 12.1 Å². The van der Waals surface area contributed by atoms with Crippen LogP contribution in [0.3, 0.4) is 0 Å². The number of nitrogens with two attached hydrogens (primary N) is 1. The first-order valence-electron chi connectivity index (χ1n) is 5.07. The van der Waals surface area contributed by atoms with Gasteiger partial charge in [-0.05, 0) is 40.0 Å². The second kappa shape index (κ2) is 5.96. The van der Waals surface area contributed by atoms with Gasteiger partial charge in [0.15, 0.2) is 0 Å². The fourth-order valence-electron chi connectivity index (χ4n) is 1.90. The zero-order valence-corrected chi connectivity index (χ0v) is 11.2. The van der Waals surface area contributed by atoms with E-state index in [4.69, 9.17) is 5.73 Å². The van der Waals surface area contributed by atoms with Crippen molar-refractivity contribution in [2.24, 2.45) is 5.73 Å². The molecule has 90 valence electrons. The van der Waals surface area contributed by atoms with Crippen LogP contribution in [0.1, 0.15) is 12.0 Å². The Labute approximate surface area is 110 Å². The van der Waals surface area contributed by atoms with Crippen molar-refractivity contribution in [1.82, 2.24) is 4.90 Å². The van der Waals surface area contributed by atoms with Crippen molar-refractivity contribution < 1.29 is 4.39 Å². The van der Waals surface area contributed by atoms with Gasteiger partial charge in [-0.3, -0.25) is 4.90 Å². The molecule has 1 aliphatic heterocycles.